The molecule has 2 amide bonds. The van der Waals surface area contributed by atoms with E-state index in [-0.39, 0.29) is 17.9 Å². The van der Waals surface area contributed by atoms with Crippen molar-refractivity contribution in [2.24, 2.45) is 0 Å². The Hall–Kier alpha value is -3.92. The lowest BCUT2D eigenvalue weighted by molar-refractivity contribution is -0.139. The van der Waals surface area contributed by atoms with Crippen molar-refractivity contribution in [1.29, 1.82) is 0 Å². The van der Waals surface area contributed by atoms with Crippen molar-refractivity contribution >= 4 is 23.5 Å². The second-order valence-electron chi connectivity index (χ2n) is 9.22. The van der Waals surface area contributed by atoms with Crippen molar-refractivity contribution in [3.63, 3.8) is 0 Å². The third-order valence-electron chi connectivity index (χ3n) is 6.61. The number of rotatable bonds is 6. The number of alkyl halides is 6. The number of amides is 2. The summed E-state index contributed by atoms with van der Waals surface area (Å²) < 4.78 is 77.9. The molecule has 4 heterocycles. The van der Waals surface area contributed by atoms with Crippen molar-refractivity contribution < 1.29 is 35.9 Å². The van der Waals surface area contributed by atoms with Gasteiger partial charge in [-0.15, -0.1) is 0 Å². The first-order valence-electron chi connectivity index (χ1n) is 11.9. The summed E-state index contributed by atoms with van der Waals surface area (Å²) in [6.07, 6.45) is -6.03. The number of nitrogens with zero attached hydrogens (tertiary/aromatic N) is 5. The van der Waals surface area contributed by atoms with Crippen LogP contribution in [0.2, 0.25) is 0 Å². The third kappa shape index (κ3) is 6.22. The van der Waals surface area contributed by atoms with Gasteiger partial charge < -0.3 is 20.4 Å². The first-order chi connectivity index (χ1) is 18.3. The van der Waals surface area contributed by atoms with E-state index < -0.39 is 52.7 Å². The molecule has 39 heavy (non-hydrogen) atoms. The Kier molecular flexibility index (Phi) is 7.70. The fraction of sp³-hybridized carbons (Fsp3) is 0.545. The number of nitrogens with one attached hydrogen (secondary N) is 3. The van der Waals surface area contributed by atoms with Crippen molar-refractivity contribution in [1.82, 2.24) is 30.4 Å². The topological polar surface area (TPSA) is 136 Å². The number of piperidine rings is 1. The molecule has 0 aliphatic carbocycles. The van der Waals surface area contributed by atoms with E-state index in [2.05, 4.69) is 25.7 Å². The molecule has 212 valence electrons. The molecule has 17 heteroatoms. The molecule has 1 unspecified atom stereocenters. The SMILES string of the molecule is CC(Nc1cn[nH]c(=O)c1C(F)(F)F)C(=O)N[C@@H]1CCN(C2CCN(c3ncc(C(F)(F)F)cn3)CC2)C1=O. The number of H-pyrrole nitrogens is 1. The normalized spacial score (nSPS) is 19.8. The molecule has 4 rings (SSSR count). The molecule has 0 aromatic carbocycles. The van der Waals surface area contributed by atoms with Gasteiger partial charge in [0.25, 0.3) is 5.56 Å². The van der Waals surface area contributed by atoms with Crippen LogP contribution in [0, 0.1) is 0 Å². The maximum absolute atomic E-state index is 13.2. The van der Waals surface area contributed by atoms with Gasteiger partial charge in [-0.3, -0.25) is 14.4 Å². The van der Waals surface area contributed by atoms with Crippen molar-refractivity contribution in [2.45, 2.75) is 56.7 Å². The maximum Gasteiger partial charge on any atom is 0.423 e. The molecule has 11 nitrogen and oxygen atoms in total. The Morgan fingerprint density at radius 2 is 1.64 bits per heavy atom. The van der Waals surface area contributed by atoms with E-state index >= 15 is 0 Å². The van der Waals surface area contributed by atoms with Gasteiger partial charge in [-0.25, -0.2) is 15.1 Å². The molecule has 0 spiro atoms. The molecule has 2 aliphatic rings. The van der Waals surface area contributed by atoms with Gasteiger partial charge in [0.2, 0.25) is 17.8 Å². The van der Waals surface area contributed by atoms with E-state index in [0.29, 0.717) is 38.9 Å². The van der Waals surface area contributed by atoms with Crippen molar-refractivity contribution in [2.75, 3.05) is 29.9 Å². The highest BCUT2D eigenvalue weighted by molar-refractivity contribution is 5.92. The standard InChI is InChI=1S/C22H24F6N8O3/c1-11(32-15-10-31-34-18(38)16(15)22(26,27)28)17(37)33-14-4-7-36(19(14)39)13-2-5-35(6-3-13)20-29-8-12(9-30-20)21(23,24)25/h8-11,13-14H,2-7H2,1H3,(H,33,37)(H2,32,34,38)/t11?,14-/m1/s1. The average molecular weight is 562 g/mol. The average Bonchev–Trinajstić information content (AvgIpc) is 3.22. The van der Waals surface area contributed by atoms with Crippen molar-refractivity contribution in [3.8, 4) is 0 Å². The molecule has 0 radical (unpaired) electrons. The van der Waals surface area contributed by atoms with Gasteiger partial charge in [0, 0.05) is 38.1 Å². The molecule has 2 aromatic rings. The summed E-state index contributed by atoms with van der Waals surface area (Å²) in [4.78, 5) is 48.2. The Bertz CT molecular complexity index is 1260. The second kappa shape index (κ2) is 10.7. The Morgan fingerprint density at radius 3 is 2.23 bits per heavy atom. The number of carbonyl (C=O) groups excluding carboxylic acids is 2. The third-order valence-corrected chi connectivity index (χ3v) is 6.61. The number of likely N-dealkylation sites (tertiary alicyclic amines) is 1. The Labute approximate surface area is 217 Å². The van der Waals surface area contributed by atoms with Crippen molar-refractivity contribution in [3.05, 3.63) is 40.1 Å². The van der Waals surface area contributed by atoms with E-state index in [1.807, 2.05) is 0 Å². The summed E-state index contributed by atoms with van der Waals surface area (Å²) in [6.45, 7) is 2.45. The van der Waals surface area contributed by atoms with Crippen LogP contribution in [0.3, 0.4) is 0 Å². The first kappa shape index (κ1) is 28.1. The molecule has 2 aromatic heterocycles. The summed E-state index contributed by atoms with van der Waals surface area (Å²) in [5.41, 5.74) is -4.60. The number of aromatic nitrogens is 4. The van der Waals surface area contributed by atoms with Crippen LogP contribution in [-0.2, 0) is 21.9 Å². The number of hydrogen-bond acceptors (Lipinski definition) is 8. The summed E-state index contributed by atoms with van der Waals surface area (Å²) >= 11 is 0. The van der Waals surface area contributed by atoms with Gasteiger partial charge in [0.15, 0.2) is 0 Å². The smallest absolute Gasteiger partial charge is 0.372 e. The molecule has 2 aliphatic heterocycles. The Morgan fingerprint density at radius 1 is 1.00 bits per heavy atom. The fourth-order valence-corrected chi connectivity index (χ4v) is 4.59. The van der Waals surface area contributed by atoms with Gasteiger partial charge in [-0.2, -0.15) is 31.4 Å². The van der Waals surface area contributed by atoms with E-state index in [1.165, 1.54) is 6.92 Å². The fourth-order valence-electron chi connectivity index (χ4n) is 4.59. The molecule has 0 bridgehead atoms. The summed E-state index contributed by atoms with van der Waals surface area (Å²) in [5.74, 6) is -0.920. The molecule has 3 N–H and O–H groups in total. The van der Waals surface area contributed by atoms with E-state index in [4.69, 9.17) is 0 Å². The van der Waals surface area contributed by atoms with E-state index in [0.717, 1.165) is 18.6 Å². The van der Waals surface area contributed by atoms with Crippen LogP contribution in [0.1, 0.15) is 37.3 Å². The zero-order chi connectivity index (χ0) is 28.5. The lowest BCUT2D eigenvalue weighted by Crippen LogP contribution is -2.50. The largest absolute Gasteiger partial charge is 0.423 e. The van der Waals surface area contributed by atoms with Gasteiger partial charge >= 0.3 is 12.4 Å². The number of hydrogen-bond donors (Lipinski definition) is 3. The maximum atomic E-state index is 13.2. The lowest BCUT2D eigenvalue weighted by Gasteiger charge is -2.36. The predicted octanol–water partition coefficient (Wildman–Crippen LogP) is 1.78. The first-order valence-corrected chi connectivity index (χ1v) is 11.9. The van der Waals surface area contributed by atoms with Gasteiger partial charge in [0.1, 0.15) is 17.6 Å². The number of anilines is 2. The summed E-state index contributed by atoms with van der Waals surface area (Å²) in [7, 11) is 0. The zero-order valence-electron chi connectivity index (χ0n) is 20.4. The van der Waals surface area contributed by atoms with Crippen LogP contribution in [0.25, 0.3) is 0 Å². The quantitative estimate of drug-likeness (QED) is 0.454. The minimum Gasteiger partial charge on any atom is -0.372 e. The Balaban J connectivity index is 1.31. The van der Waals surface area contributed by atoms with Gasteiger partial charge in [-0.05, 0) is 26.2 Å². The highest BCUT2D eigenvalue weighted by atomic mass is 19.4. The number of aromatic amines is 1. The summed E-state index contributed by atoms with van der Waals surface area (Å²) in [5, 5.41) is 9.91. The number of carbonyl (C=O) groups is 2. The van der Waals surface area contributed by atoms with Crippen LogP contribution in [-0.4, -0.2) is 74.6 Å². The molecule has 2 atom stereocenters. The highest BCUT2D eigenvalue weighted by Crippen LogP contribution is 2.32. The minimum absolute atomic E-state index is 0.158. The van der Waals surface area contributed by atoms with Gasteiger partial charge in [0.05, 0.1) is 17.4 Å². The molecule has 2 fully saturated rings. The van der Waals surface area contributed by atoms with Crippen LogP contribution >= 0.6 is 0 Å². The predicted molar refractivity (Wildman–Crippen MR) is 123 cm³/mol. The zero-order valence-corrected chi connectivity index (χ0v) is 20.4. The lowest BCUT2D eigenvalue weighted by atomic mass is 10.0. The second-order valence-corrected chi connectivity index (χ2v) is 9.22. The van der Waals surface area contributed by atoms with E-state index in [9.17, 15) is 40.7 Å². The molecular formula is C22H24F6N8O3. The van der Waals surface area contributed by atoms with Crippen LogP contribution in [0.4, 0.5) is 38.0 Å². The van der Waals surface area contributed by atoms with Crippen LogP contribution in [0.15, 0.2) is 23.4 Å². The monoisotopic (exact) mass is 562 g/mol. The number of halogens is 6. The summed E-state index contributed by atoms with van der Waals surface area (Å²) in [6, 6.07) is -2.27. The molecule has 2 saturated heterocycles. The van der Waals surface area contributed by atoms with Gasteiger partial charge in [-0.1, -0.05) is 0 Å². The highest BCUT2D eigenvalue weighted by Gasteiger charge is 2.40. The molecular weight excluding hydrogens is 538 g/mol. The molecule has 0 saturated carbocycles. The van der Waals surface area contributed by atoms with Crippen LogP contribution < -0.4 is 21.1 Å². The van der Waals surface area contributed by atoms with Crippen LogP contribution in [0.5, 0.6) is 0 Å². The van der Waals surface area contributed by atoms with E-state index in [1.54, 1.807) is 14.9 Å². The minimum atomic E-state index is -4.98.